The minimum Gasteiger partial charge on any atom is -0.481 e. The van der Waals surface area contributed by atoms with Crippen molar-refractivity contribution in [3.8, 4) is 0 Å². The molecule has 0 aliphatic carbocycles. The summed E-state index contributed by atoms with van der Waals surface area (Å²) >= 11 is 0. The molecule has 1 atom stereocenters. The van der Waals surface area contributed by atoms with Crippen molar-refractivity contribution < 1.29 is 14.7 Å². The molecule has 1 unspecified atom stereocenters. The number of carbonyl (C=O) groups is 2. The Bertz CT molecular complexity index is 465. The minimum absolute atomic E-state index is 0.0557. The zero-order valence-electron chi connectivity index (χ0n) is 13.1. The predicted octanol–water partition coefficient (Wildman–Crippen LogP) is 2.65. The van der Waals surface area contributed by atoms with Crippen LogP contribution in [0.3, 0.4) is 0 Å². The molecule has 0 saturated carbocycles. The predicted molar refractivity (Wildman–Crippen MR) is 83.1 cm³/mol. The normalized spacial score (nSPS) is 12.2. The van der Waals surface area contributed by atoms with Crippen molar-refractivity contribution in [2.75, 3.05) is 6.54 Å². The van der Waals surface area contributed by atoms with Crippen LogP contribution in [0.1, 0.15) is 38.3 Å². The van der Waals surface area contributed by atoms with E-state index in [0.29, 0.717) is 18.9 Å². The molecular formula is C17H25NO3. The quantitative estimate of drug-likeness (QED) is 0.774. The highest BCUT2D eigenvalue weighted by molar-refractivity contribution is 5.78. The maximum atomic E-state index is 11.8. The molecule has 4 nitrogen and oxygen atoms in total. The second-order valence-electron chi connectivity index (χ2n) is 6.10. The molecule has 1 aromatic rings. The molecule has 0 aliphatic rings. The van der Waals surface area contributed by atoms with E-state index in [9.17, 15) is 9.59 Å². The van der Waals surface area contributed by atoms with Crippen LogP contribution in [0.2, 0.25) is 0 Å². The molecule has 0 heterocycles. The van der Waals surface area contributed by atoms with E-state index in [-0.39, 0.29) is 18.2 Å². The van der Waals surface area contributed by atoms with Crippen LogP contribution in [-0.2, 0) is 22.4 Å². The molecule has 0 radical (unpaired) electrons. The van der Waals surface area contributed by atoms with Gasteiger partial charge >= 0.3 is 5.97 Å². The molecule has 1 aromatic carbocycles. The van der Waals surface area contributed by atoms with E-state index in [1.54, 1.807) is 0 Å². The van der Waals surface area contributed by atoms with Gasteiger partial charge in [-0.1, -0.05) is 45.0 Å². The van der Waals surface area contributed by atoms with Crippen LogP contribution < -0.4 is 5.32 Å². The first-order valence-corrected chi connectivity index (χ1v) is 7.43. The van der Waals surface area contributed by atoms with E-state index in [0.717, 1.165) is 12.0 Å². The lowest BCUT2D eigenvalue weighted by Crippen LogP contribution is -2.30. The van der Waals surface area contributed by atoms with Crippen molar-refractivity contribution in [3.05, 3.63) is 35.4 Å². The third-order valence-electron chi connectivity index (χ3n) is 3.20. The molecule has 0 aromatic heterocycles. The lowest BCUT2D eigenvalue weighted by molar-refractivity contribution is -0.138. The van der Waals surface area contributed by atoms with Gasteiger partial charge in [-0.3, -0.25) is 9.59 Å². The highest BCUT2D eigenvalue weighted by atomic mass is 16.4. The van der Waals surface area contributed by atoms with Gasteiger partial charge in [-0.25, -0.2) is 0 Å². The topological polar surface area (TPSA) is 66.4 Å². The molecule has 0 saturated heterocycles. The van der Waals surface area contributed by atoms with E-state index >= 15 is 0 Å². The molecule has 21 heavy (non-hydrogen) atoms. The molecule has 0 aliphatic heterocycles. The number of nitrogens with one attached hydrogen (secondary N) is 1. The van der Waals surface area contributed by atoms with Gasteiger partial charge < -0.3 is 10.4 Å². The van der Waals surface area contributed by atoms with E-state index in [1.807, 2.05) is 19.1 Å². The number of carboxylic acids is 1. The summed E-state index contributed by atoms with van der Waals surface area (Å²) in [7, 11) is 0. The van der Waals surface area contributed by atoms with Gasteiger partial charge in [-0.05, 0) is 29.4 Å². The lowest BCUT2D eigenvalue weighted by Gasteiger charge is -2.11. The van der Waals surface area contributed by atoms with Gasteiger partial charge in [0.25, 0.3) is 0 Å². The third-order valence-corrected chi connectivity index (χ3v) is 3.20. The van der Waals surface area contributed by atoms with Gasteiger partial charge in [-0.15, -0.1) is 0 Å². The number of carboxylic acid groups (broad SMARTS) is 1. The number of aliphatic carboxylic acids is 1. The molecule has 0 bridgehead atoms. The van der Waals surface area contributed by atoms with Gasteiger partial charge in [0.2, 0.25) is 5.91 Å². The first-order chi connectivity index (χ1) is 9.86. The number of rotatable bonds is 8. The first kappa shape index (κ1) is 17.2. The van der Waals surface area contributed by atoms with Crippen molar-refractivity contribution in [2.24, 2.45) is 11.8 Å². The Hall–Kier alpha value is -1.84. The maximum absolute atomic E-state index is 11.8. The maximum Gasteiger partial charge on any atom is 0.303 e. The summed E-state index contributed by atoms with van der Waals surface area (Å²) in [5, 5.41) is 11.4. The molecule has 0 spiro atoms. The van der Waals surface area contributed by atoms with Crippen LogP contribution in [0.15, 0.2) is 24.3 Å². The van der Waals surface area contributed by atoms with Crippen molar-refractivity contribution in [1.29, 1.82) is 0 Å². The Morgan fingerprint density at radius 2 is 1.67 bits per heavy atom. The average Bonchev–Trinajstić information content (AvgIpc) is 2.37. The van der Waals surface area contributed by atoms with Gasteiger partial charge in [0.05, 0.1) is 6.42 Å². The summed E-state index contributed by atoms with van der Waals surface area (Å²) in [6.45, 7) is 6.57. The van der Waals surface area contributed by atoms with Gasteiger partial charge in [0.15, 0.2) is 0 Å². The molecule has 4 heteroatoms. The van der Waals surface area contributed by atoms with Crippen molar-refractivity contribution in [3.63, 3.8) is 0 Å². The van der Waals surface area contributed by atoms with Crippen molar-refractivity contribution in [2.45, 2.75) is 40.0 Å². The van der Waals surface area contributed by atoms with Crippen LogP contribution in [-0.4, -0.2) is 23.5 Å². The number of benzene rings is 1. The van der Waals surface area contributed by atoms with Crippen LogP contribution >= 0.6 is 0 Å². The Labute approximate surface area is 126 Å². The number of carbonyl (C=O) groups excluding carboxylic acids is 1. The summed E-state index contributed by atoms with van der Waals surface area (Å²) in [6, 6.07) is 8.10. The standard InChI is InChI=1S/C17H25NO3/c1-12(2)8-14-4-6-15(7-5-14)10-16(19)18-11-13(3)9-17(20)21/h4-7,12-13H,8-11H2,1-3H3,(H,18,19)(H,20,21). The Morgan fingerprint density at radius 3 is 2.19 bits per heavy atom. The van der Waals surface area contributed by atoms with Crippen LogP contribution in [0.5, 0.6) is 0 Å². The lowest BCUT2D eigenvalue weighted by atomic mass is 10.0. The summed E-state index contributed by atoms with van der Waals surface area (Å²) in [5.74, 6) is -0.337. The van der Waals surface area contributed by atoms with Crippen LogP contribution in [0.4, 0.5) is 0 Å². The minimum atomic E-state index is -0.836. The second kappa shape index (κ2) is 8.45. The summed E-state index contributed by atoms with van der Waals surface area (Å²) in [5.41, 5.74) is 2.26. The number of hydrogen-bond acceptors (Lipinski definition) is 2. The van der Waals surface area contributed by atoms with Crippen molar-refractivity contribution in [1.82, 2.24) is 5.32 Å². The molecular weight excluding hydrogens is 266 g/mol. The van der Waals surface area contributed by atoms with Gasteiger partial charge in [0, 0.05) is 13.0 Å². The zero-order valence-corrected chi connectivity index (χ0v) is 13.1. The second-order valence-corrected chi connectivity index (χ2v) is 6.10. The molecule has 1 amide bonds. The van der Waals surface area contributed by atoms with Crippen LogP contribution in [0.25, 0.3) is 0 Å². The molecule has 0 fully saturated rings. The average molecular weight is 291 g/mol. The molecule has 1 rings (SSSR count). The fourth-order valence-corrected chi connectivity index (χ4v) is 2.17. The third kappa shape index (κ3) is 7.49. The largest absolute Gasteiger partial charge is 0.481 e. The van der Waals surface area contributed by atoms with E-state index in [1.165, 1.54) is 5.56 Å². The summed E-state index contributed by atoms with van der Waals surface area (Å²) < 4.78 is 0. The summed E-state index contributed by atoms with van der Waals surface area (Å²) in [6.07, 6.45) is 1.45. The number of amides is 1. The fourth-order valence-electron chi connectivity index (χ4n) is 2.17. The van der Waals surface area contributed by atoms with E-state index in [2.05, 4.69) is 31.3 Å². The monoisotopic (exact) mass is 291 g/mol. The Balaban J connectivity index is 2.39. The van der Waals surface area contributed by atoms with E-state index in [4.69, 9.17) is 5.11 Å². The van der Waals surface area contributed by atoms with Gasteiger partial charge in [-0.2, -0.15) is 0 Å². The smallest absolute Gasteiger partial charge is 0.303 e. The SMILES string of the molecule is CC(C)Cc1ccc(CC(=O)NCC(C)CC(=O)O)cc1. The van der Waals surface area contributed by atoms with Gasteiger partial charge in [0.1, 0.15) is 0 Å². The fraction of sp³-hybridized carbons (Fsp3) is 0.529. The summed E-state index contributed by atoms with van der Waals surface area (Å²) in [4.78, 5) is 22.3. The van der Waals surface area contributed by atoms with E-state index < -0.39 is 5.97 Å². The highest BCUT2D eigenvalue weighted by Gasteiger charge is 2.10. The Morgan fingerprint density at radius 1 is 1.10 bits per heavy atom. The van der Waals surface area contributed by atoms with Crippen LogP contribution in [0, 0.1) is 11.8 Å². The first-order valence-electron chi connectivity index (χ1n) is 7.43. The number of hydrogen-bond donors (Lipinski definition) is 2. The molecule has 2 N–H and O–H groups in total. The molecule has 116 valence electrons. The van der Waals surface area contributed by atoms with Crippen molar-refractivity contribution >= 4 is 11.9 Å². The zero-order chi connectivity index (χ0) is 15.8. The highest BCUT2D eigenvalue weighted by Crippen LogP contribution is 2.10. The Kier molecular flexibility index (Phi) is 6.92.